The number of nitrogens with zero attached hydrogens (tertiary/aromatic N) is 1. The second-order valence-corrected chi connectivity index (χ2v) is 3.00. The van der Waals surface area contributed by atoms with E-state index in [4.69, 9.17) is 5.73 Å². The maximum absolute atomic E-state index is 12.3. The molecule has 0 saturated carbocycles. The van der Waals surface area contributed by atoms with E-state index < -0.39 is 12.0 Å². The quantitative estimate of drug-likeness (QED) is 0.647. The van der Waals surface area contributed by atoms with Gasteiger partial charge in [-0.1, -0.05) is 0 Å². The maximum Gasteiger partial charge on any atom is 0.268 e. The molecule has 0 fully saturated rings. The summed E-state index contributed by atoms with van der Waals surface area (Å²) < 4.78 is 24.6. The number of carbonyl (C=O) groups is 1. The van der Waals surface area contributed by atoms with E-state index >= 15 is 0 Å². The van der Waals surface area contributed by atoms with Crippen molar-refractivity contribution in [1.29, 1.82) is 0 Å². The van der Waals surface area contributed by atoms with Crippen LogP contribution in [0.4, 0.5) is 14.5 Å². The van der Waals surface area contributed by atoms with Crippen LogP contribution in [0.25, 0.3) is 0 Å². The van der Waals surface area contributed by atoms with Crippen molar-refractivity contribution >= 4 is 27.9 Å². The van der Waals surface area contributed by atoms with Crippen LogP contribution >= 0.6 is 15.9 Å². The van der Waals surface area contributed by atoms with Gasteiger partial charge in [-0.15, -0.1) is 0 Å². The van der Waals surface area contributed by atoms with Gasteiger partial charge in [-0.05, 0) is 15.9 Å². The first kappa shape index (κ1) is 10.0. The second-order valence-electron chi connectivity index (χ2n) is 2.25. The number of hydrogen-bond acceptors (Lipinski definition) is 3. The summed E-state index contributed by atoms with van der Waals surface area (Å²) in [5, 5.41) is 0. The number of alkyl halides is 2. The summed E-state index contributed by atoms with van der Waals surface area (Å²) in [6, 6.07) is 0. The number of aldehydes is 1. The van der Waals surface area contributed by atoms with Gasteiger partial charge in [0.2, 0.25) is 0 Å². The van der Waals surface area contributed by atoms with Crippen LogP contribution in [0.15, 0.2) is 10.8 Å². The van der Waals surface area contributed by atoms with Gasteiger partial charge < -0.3 is 5.73 Å². The van der Waals surface area contributed by atoms with Crippen molar-refractivity contribution in [2.45, 2.75) is 6.43 Å². The zero-order chi connectivity index (χ0) is 10.0. The Balaban J connectivity index is 3.38. The molecule has 0 unspecified atom stereocenters. The molecule has 0 aliphatic heterocycles. The minimum absolute atomic E-state index is 0.0292. The normalized spacial score (nSPS) is 10.5. The Morgan fingerprint density at radius 1 is 1.62 bits per heavy atom. The topological polar surface area (TPSA) is 56.0 Å². The first-order valence-corrected chi connectivity index (χ1v) is 4.04. The summed E-state index contributed by atoms with van der Waals surface area (Å²) in [5.74, 6) is 0. The standard InChI is InChI=1S/C7H5BrF2N2O/c8-6-4(7(9)10)5(11)3(2-13)1-12-6/h1-2,7H,(H2,11,12). The van der Waals surface area contributed by atoms with Gasteiger partial charge in [0.1, 0.15) is 4.60 Å². The molecule has 1 rings (SSSR count). The predicted molar refractivity (Wildman–Crippen MR) is 46.7 cm³/mol. The highest BCUT2D eigenvalue weighted by atomic mass is 79.9. The van der Waals surface area contributed by atoms with Gasteiger partial charge in [-0.3, -0.25) is 4.79 Å². The van der Waals surface area contributed by atoms with Crippen molar-refractivity contribution in [3.63, 3.8) is 0 Å². The Labute approximate surface area is 81.1 Å². The van der Waals surface area contributed by atoms with Crippen LogP contribution in [0, 0.1) is 0 Å². The molecule has 0 bridgehead atoms. The number of pyridine rings is 1. The summed E-state index contributed by atoms with van der Waals surface area (Å²) in [6.45, 7) is 0. The number of hydrogen-bond donors (Lipinski definition) is 1. The Kier molecular flexibility index (Phi) is 2.92. The van der Waals surface area contributed by atoms with Gasteiger partial charge >= 0.3 is 0 Å². The molecule has 0 atom stereocenters. The lowest BCUT2D eigenvalue weighted by atomic mass is 10.2. The van der Waals surface area contributed by atoms with Gasteiger partial charge in [-0.2, -0.15) is 0 Å². The summed E-state index contributed by atoms with van der Waals surface area (Å²) in [5.41, 5.74) is 4.62. The van der Waals surface area contributed by atoms with E-state index in [-0.39, 0.29) is 15.9 Å². The van der Waals surface area contributed by atoms with E-state index in [1.807, 2.05) is 0 Å². The van der Waals surface area contributed by atoms with E-state index in [0.29, 0.717) is 6.29 Å². The molecule has 2 N–H and O–H groups in total. The molecule has 0 spiro atoms. The minimum atomic E-state index is -2.75. The lowest BCUT2D eigenvalue weighted by Crippen LogP contribution is -2.02. The van der Waals surface area contributed by atoms with Gasteiger partial charge in [-0.25, -0.2) is 13.8 Å². The van der Waals surface area contributed by atoms with E-state index in [1.165, 1.54) is 0 Å². The summed E-state index contributed by atoms with van der Waals surface area (Å²) >= 11 is 2.82. The number of aromatic nitrogens is 1. The molecule has 70 valence electrons. The summed E-state index contributed by atoms with van der Waals surface area (Å²) in [7, 11) is 0. The van der Waals surface area contributed by atoms with Crippen LogP contribution < -0.4 is 5.73 Å². The van der Waals surface area contributed by atoms with Crippen LogP contribution in [-0.4, -0.2) is 11.3 Å². The molecule has 1 aromatic rings. The zero-order valence-corrected chi connectivity index (χ0v) is 7.88. The van der Waals surface area contributed by atoms with Crippen LogP contribution in [0.3, 0.4) is 0 Å². The van der Waals surface area contributed by atoms with Crippen molar-refractivity contribution in [1.82, 2.24) is 4.98 Å². The molecule has 0 aliphatic rings. The van der Waals surface area contributed by atoms with E-state index in [9.17, 15) is 13.6 Å². The average Bonchev–Trinajstić information content (AvgIpc) is 2.04. The van der Waals surface area contributed by atoms with Crippen molar-refractivity contribution in [3.8, 4) is 0 Å². The largest absolute Gasteiger partial charge is 0.398 e. The number of carbonyl (C=O) groups excluding carboxylic acids is 1. The smallest absolute Gasteiger partial charge is 0.268 e. The van der Waals surface area contributed by atoms with E-state index in [1.54, 1.807) is 0 Å². The van der Waals surface area contributed by atoms with E-state index in [0.717, 1.165) is 6.20 Å². The molecule has 6 heteroatoms. The van der Waals surface area contributed by atoms with Crippen LogP contribution in [0.5, 0.6) is 0 Å². The number of anilines is 1. The molecule has 0 aliphatic carbocycles. The third-order valence-corrected chi connectivity index (χ3v) is 2.12. The Bertz CT molecular complexity index is 344. The highest BCUT2D eigenvalue weighted by molar-refractivity contribution is 9.10. The number of nitrogen functional groups attached to an aromatic ring is 1. The predicted octanol–water partition coefficient (Wildman–Crippen LogP) is 2.18. The van der Waals surface area contributed by atoms with Gasteiger partial charge in [0.15, 0.2) is 6.29 Å². The number of rotatable bonds is 2. The van der Waals surface area contributed by atoms with Crippen molar-refractivity contribution in [2.75, 3.05) is 5.73 Å². The maximum atomic E-state index is 12.3. The minimum Gasteiger partial charge on any atom is -0.398 e. The molecule has 13 heavy (non-hydrogen) atoms. The highest BCUT2D eigenvalue weighted by Crippen LogP contribution is 2.32. The first-order valence-electron chi connectivity index (χ1n) is 3.25. The number of halogens is 3. The Hall–Kier alpha value is -1.04. The van der Waals surface area contributed by atoms with E-state index in [2.05, 4.69) is 20.9 Å². The molecule has 3 nitrogen and oxygen atoms in total. The third kappa shape index (κ3) is 1.82. The fraction of sp³-hybridized carbons (Fsp3) is 0.143. The van der Waals surface area contributed by atoms with Crippen LogP contribution in [0.2, 0.25) is 0 Å². The molecular formula is C7H5BrF2N2O. The van der Waals surface area contributed by atoms with Gasteiger partial charge in [0.05, 0.1) is 16.8 Å². The molecule has 0 saturated heterocycles. The monoisotopic (exact) mass is 250 g/mol. The molecule has 0 aromatic carbocycles. The van der Waals surface area contributed by atoms with Gasteiger partial charge in [0.25, 0.3) is 6.43 Å². The van der Waals surface area contributed by atoms with Crippen molar-refractivity contribution in [3.05, 3.63) is 21.9 Å². The summed E-state index contributed by atoms with van der Waals surface area (Å²) in [6.07, 6.45) is -1.22. The summed E-state index contributed by atoms with van der Waals surface area (Å²) in [4.78, 5) is 13.9. The zero-order valence-electron chi connectivity index (χ0n) is 6.30. The SMILES string of the molecule is Nc1c(C=O)cnc(Br)c1C(F)F. The van der Waals surface area contributed by atoms with Crippen molar-refractivity contribution < 1.29 is 13.6 Å². The third-order valence-electron chi connectivity index (χ3n) is 1.49. The molecule has 1 aromatic heterocycles. The Morgan fingerprint density at radius 3 is 2.69 bits per heavy atom. The average molecular weight is 251 g/mol. The lowest BCUT2D eigenvalue weighted by molar-refractivity contribution is 0.112. The lowest BCUT2D eigenvalue weighted by Gasteiger charge is -2.07. The Morgan fingerprint density at radius 2 is 2.23 bits per heavy atom. The van der Waals surface area contributed by atoms with Gasteiger partial charge in [0, 0.05) is 6.20 Å². The second kappa shape index (κ2) is 3.78. The molecular weight excluding hydrogens is 246 g/mol. The van der Waals surface area contributed by atoms with Crippen molar-refractivity contribution in [2.24, 2.45) is 0 Å². The fourth-order valence-corrected chi connectivity index (χ4v) is 1.32. The number of nitrogens with two attached hydrogens (primary N) is 1. The molecule has 0 amide bonds. The van der Waals surface area contributed by atoms with Crippen LogP contribution in [-0.2, 0) is 0 Å². The molecule has 0 radical (unpaired) electrons. The first-order chi connectivity index (χ1) is 6.07. The van der Waals surface area contributed by atoms with Crippen LogP contribution in [0.1, 0.15) is 22.3 Å². The fourth-order valence-electron chi connectivity index (χ4n) is 0.833. The highest BCUT2D eigenvalue weighted by Gasteiger charge is 2.18. The molecule has 1 heterocycles.